The molecule has 0 spiro atoms. The lowest BCUT2D eigenvalue weighted by atomic mass is 10.1. The van der Waals surface area contributed by atoms with E-state index in [0.29, 0.717) is 24.6 Å². The summed E-state index contributed by atoms with van der Waals surface area (Å²) in [6.07, 6.45) is 1.40. The lowest BCUT2D eigenvalue weighted by Gasteiger charge is -2.22. The number of thiazole rings is 1. The van der Waals surface area contributed by atoms with E-state index in [2.05, 4.69) is 44.9 Å². The number of hydrogen-bond donors (Lipinski definition) is 1. The number of pyridine rings is 1. The molecule has 0 saturated carbocycles. The molecule has 0 radical (unpaired) electrons. The highest BCUT2D eigenvalue weighted by atomic mass is 32.2. The Labute approximate surface area is 192 Å². The maximum absolute atomic E-state index is 13.1. The molecule has 2 aromatic heterocycles. The monoisotopic (exact) mass is 464 g/mol. The summed E-state index contributed by atoms with van der Waals surface area (Å²) in [4.78, 5) is 8.99. The first kappa shape index (κ1) is 22.0. The van der Waals surface area contributed by atoms with Crippen molar-refractivity contribution in [2.24, 2.45) is 0 Å². The number of nitrogens with one attached hydrogen (secondary N) is 1. The summed E-state index contributed by atoms with van der Waals surface area (Å²) in [6, 6.07) is 20.6. The molecular formula is C24H24N4O2S2. The van der Waals surface area contributed by atoms with Crippen molar-refractivity contribution in [1.82, 2.24) is 9.97 Å². The molecule has 4 aromatic rings. The Morgan fingerprint density at radius 2 is 1.75 bits per heavy atom. The normalized spacial score (nSPS) is 11.3. The molecule has 0 aliphatic carbocycles. The molecule has 2 aromatic carbocycles. The number of rotatable bonds is 8. The van der Waals surface area contributed by atoms with Crippen LogP contribution in [0.3, 0.4) is 0 Å². The van der Waals surface area contributed by atoms with E-state index in [1.807, 2.05) is 32.0 Å². The number of aromatic nitrogens is 2. The van der Waals surface area contributed by atoms with Crippen LogP contribution >= 0.6 is 11.3 Å². The highest BCUT2D eigenvalue weighted by Crippen LogP contribution is 2.24. The first-order valence-electron chi connectivity index (χ1n) is 10.3. The number of benzene rings is 2. The highest BCUT2D eigenvalue weighted by molar-refractivity contribution is 7.92. The minimum absolute atomic E-state index is 0.164. The van der Waals surface area contributed by atoms with Crippen molar-refractivity contribution >= 4 is 32.9 Å². The molecule has 0 amide bonds. The fourth-order valence-corrected chi connectivity index (χ4v) is 5.37. The van der Waals surface area contributed by atoms with Gasteiger partial charge in [0.25, 0.3) is 10.0 Å². The van der Waals surface area contributed by atoms with Gasteiger partial charge < -0.3 is 5.32 Å². The number of aryl methyl sites for hydroxylation is 1. The summed E-state index contributed by atoms with van der Waals surface area (Å²) in [5, 5.41) is 6.35. The van der Waals surface area contributed by atoms with Crippen molar-refractivity contribution in [3.8, 4) is 11.3 Å². The molecule has 0 bridgehead atoms. The molecular weight excluding hydrogens is 440 g/mol. The topological polar surface area (TPSA) is 75.2 Å². The molecule has 0 saturated heterocycles. The average molecular weight is 465 g/mol. The van der Waals surface area contributed by atoms with Gasteiger partial charge in [-0.25, -0.2) is 18.4 Å². The zero-order valence-electron chi connectivity index (χ0n) is 17.9. The third kappa shape index (κ3) is 4.81. The fourth-order valence-electron chi connectivity index (χ4n) is 3.33. The van der Waals surface area contributed by atoms with Crippen LogP contribution < -0.4 is 9.62 Å². The number of anilines is 2. The molecule has 0 unspecified atom stereocenters. The molecule has 1 N–H and O–H groups in total. The van der Waals surface area contributed by atoms with Crippen LogP contribution in [0.5, 0.6) is 0 Å². The minimum atomic E-state index is -3.68. The fraction of sp³-hybridized carbons (Fsp3) is 0.167. The molecule has 0 atom stereocenters. The zero-order chi connectivity index (χ0) is 22.6. The number of para-hydroxylation sites is 1. The summed E-state index contributed by atoms with van der Waals surface area (Å²) < 4.78 is 27.5. The molecule has 4 rings (SSSR count). The van der Waals surface area contributed by atoms with Crippen LogP contribution in [0.15, 0.2) is 83.2 Å². The van der Waals surface area contributed by atoms with Gasteiger partial charge in [0.2, 0.25) is 0 Å². The van der Waals surface area contributed by atoms with Gasteiger partial charge in [-0.15, -0.1) is 11.3 Å². The first-order valence-corrected chi connectivity index (χ1v) is 12.6. The molecule has 32 heavy (non-hydrogen) atoms. The van der Waals surface area contributed by atoms with E-state index in [1.165, 1.54) is 10.5 Å². The van der Waals surface area contributed by atoms with E-state index in [9.17, 15) is 8.42 Å². The second kappa shape index (κ2) is 9.50. The quantitative estimate of drug-likeness (QED) is 0.381. The molecule has 0 aliphatic rings. The van der Waals surface area contributed by atoms with Crippen molar-refractivity contribution in [3.05, 3.63) is 88.9 Å². The van der Waals surface area contributed by atoms with E-state index in [1.54, 1.807) is 35.6 Å². The predicted octanol–water partition coefficient (Wildman–Crippen LogP) is 5.34. The Hall–Kier alpha value is -3.23. The van der Waals surface area contributed by atoms with Gasteiger partial charge in [-0.2, -0.15) is 0 Å². The SMILES string of the molecule is CCN(c1ccccc1)S(=O)(=O)c1ccc(NCc2ccc(-c3csc(C)n3)cc2)nc1. The van der Waals surface area contributed by atoms with E-state index in [4.69, 9.17) is 0 Å². The maximum atomic E-state index is 13.1. The van der Waals surface area contributed by atoms with Crippen molar-refractivity contribution < 1.29 is 8.42 Å². The predicted molar refractivity (Wildman–Crippen MR) is 130 cm³/mol. The third-order valence-electron chi connectivity index (χ3n) is 5.00. The third-order valence-corrected chi connectivity index (χ3v) is 7.66. The second-order valence-corrected chi connectivity index (χ2v) is 10.1. The van der Waals surface area contributed by atoms with Gasteiger partial charge in [0.15, 0.2) is 0 Å². The van der Waals surface area contributed by atoms with Gasteiger partial charge in [-0.3, -0.25) is 4.31 Å². The summed E-state index contributed by atoms with van der Waals surface area (Å²) in [5.41, 5.74) is 3.81. The highest BCUT2D eigenvalue weighted by Gasteiger charge is 2.23. The maximum Gasteiger partial charge on any atom is 0.265 e. The Kier molecular flexibility index (Phi) is 6.53. The first-order chi connectivity index (χ1) is 15.5. The summed E-state index contributed by atoms with van der Waals surface area (Å²) in [6.45, 7) is 4.73. The standard InChI is InChI=1S/C24H24N4O2S2/c1-3-28(21-7-5-4-6-8-21)32(29,30)22-13-14-24(26-16-22)25-15-19-9-11-20(12-10-19)23-17-31-18(2)27-23/h4-14,16-17H,3,15H2,1-2H3,(H,25,26). The lowest BCUT2D eigenvalue weighted by Crippen LogP contribution is -2.30. The van der Waals surface area contributed by atoms with E-state index < -0.39 is 10.0 Å². The molecule has 0 aliphatic heterocycles. The van der Waals surface area contributed by atoms with E-state index >= 15 is 0 Å². The molecule has 6 nitrogen and oxygen atoms in total. The number of hydrogen-bond acceptors (Lipinski definition) is 6. The second-order valence-electron chi connectivity index (χ2n) is 7.19. The number of nitrogens with zero attached hydrogens (tertiary/aromatic N) is 3. The van der Waals surface area contributed by atoms with Gasteiger partial charge >= 0.3 is 0 Å². The summed E-state index contributed by atoms with van der Waals surface area (Å²) in [5.74, 6) is 0.617. The Balaban J connectivity index is 1.42. The van der Waals surface area contributed by atoms with Crippen molar-refractivity contribution in [3.63, 3.8) is 0 Å². The number of sulfonamides is 1. The van der Waals surface area contributed by atoms with Crippen molar-refractivity contribution in [2.45, 2.75) is 25.3 Å². The van der Waals surface area contributed by atoms with Crippen LogP contribution in [-0.2, 0) is 16.6 Å². The lowest BCUT2D eigenvalue weighted by molar-refractivity contribution is 0.591. The van der Waals surface area contributed by atoms with E-state index in [0.717, 1.165) is 21.8 Å². The Bertz CT molecular complexity index is 1270. The zero-order valence-corrected chi connectivity index (χ0v) is 19.5. The molecule has 0 fully saturated rings. The van der Waals surface area contributed by atoms with Crippen LogP contribution in [0, 0.1) is 6.92 Å². The minimum Gasteiger partial charge on any atom is -0.366 e. The van der Waals surface area contributed by atoms with Gasteiger partial charge in [0.1, 0.15) is 10.7 Å². The molecule has 8 heteroatoms. The van der Waals surface area contributed by atoms with Gasteiger partial charge in [0, 0.05) is 30.2 Å². The Morgan fingerprint density at radius 1 is 1.00 bits per heavy atom. The average Bonchev–Trinajstić information content (AvgIpc) is 3.25. The summed E-state index contributed by atoms with van der Waals surface area (Å²) in [7, 11) is -3.68. The van der Waals surface area contributed by atoms with Crippen LogP contribution in [0.2, 0.25) is 0 Å². The summed E-state index contributed by atoms with van der Waals surface area (Å²) >= 11 is 1.64. The van der Waals surface area contributed by atoms with Crippen LogP contribution in [0.1, 0.15) is 17.5 Å². The van der Waals surface area contributed by atoms with Crippen LogP contribution in [-0.4, -0.2) is 24.9 Å². The largest absolute Gasteiger partial charge is 0.366 e. The van der Waals surface area contributed by atoms with Gasteiger partial charge in [-0.05, 0) is 43.7 Å². The molecule has 2 heterocycles. The van der Waals surface area contributed by atoms with Crippen molar-refractivity contribution in [2.75, 3.05) is 16.2 Å². The molecule has 164 valence electrons. The smallest absolute Gasteiger partial charge is 0.265 e. The van der Waals surface area contributed by atoms with Crippen molar-refractivity contribution in [1.29, 1.82) is 0 Å². The van der Waals surface area contributed by atoms with E-state index in [-0.39, 0.29) is 4.90 Å². The van der Waals surface area contributed by atoms with Gasteiger partial charge in [0.05, 0.1) is 16.4 Å². The van der Waals surface area contributed by atoms with Crippen LogP contribution in [0.4, 0.5) is 11.5 Å². The van der Waals surface area contributed by atoms with Crippen LogP contribution in [0.25, 0.3) is 11.3 Å². The van der Waals surface area contributed by atoms with Gasteiger partial charge in [-0.1, -0.05) is 42.5 Å². The Morgan fingerprint density at radius 3 is 2.34 bits per heavy atom.